The normalized spacial score (nSPS) is 24.8. The zero-order valence-electron chi connectivity index (χ0n) is 19.6. The fraction of sp³-hybridized carbons (Fsp3) is 0.636. The second kappa shape index (κ2) is 10.3. The summed E-state index contributed by atoms with van der Waals surface area (Å²) in [7, 11) is -3.05. The molecule has 1 aliphatic carbocycles. The van der Waals surface area contributed by atoms with Crippen molar-refractivity contribution in [1.29, 1.82) is 0 Å². The number of allylic oxidation sites excluding steroid dienone is 1. The maximum absolute atomic E-state index is 13.0. The predicted molar refractivity (Wildman–Crippen MR) is 125 cm³/mol. The molecule has 0 amide bonds. The molecular formula is C22H32F2N5O4S+. The van der Waals surface area contributed by atoms with E-state index in [0.29, 0.717) is 49.1 Å². The van der Waals surface area contributed by atoms with Crippen LogP contribution in [0.15, 0.2) is 29.0 Å². The highest BCUT2D eigenvalue weighted by atomic mass is 32.2. The first-order valence-corrected chi connectivity index (χ1v) is 13.1. The number of nitrogens with two attached hydrogens (primary N) is 1. The molecule has 34 heavy (non-hydrogen) atoms. The molecule has 2 heterocycles. The highest BCUT2D eigenvalue weighted by Gasteiger charge is 2.42. The number of nitrogens with one attached hydrogen (secondary N) is 1. The molecule has 1 aromatic heterocycles. The summed E-state index contributed by atoms with van der Waals surface area (Å²) in [6, 6.07) is 0.952. The summed E-state index contributed by atoms with van der Waals surface area (Å²) in [6.45, 7) is 2.73. The van der Waals surface area contributed by atoms with Gasteiger partial charge in [-0.05, 0) is 51.7 Å². The van der Waals surface area contributed by atoms with Crippen LogP contribution < -0.4 is 15.9 Å². The van der Waals surface area contributed by atoms with Gasteiger partial charge < -0.3 is 10.5 Å². The smallest absolute Gasteiger partial charge is 0.387 e. The van der Waals surface area contributed by atoms with Gasteiger partial charge in [0.1, 0.15) is 10.6 Å². The van der Waals surface area contributed by atoms with Gasteiger partial charge in [0.2, 0.25) is 6.04 Å². The van der Waals surface area contributed by atoms with Crippen molar-refractivity contribution in [2.75, 3.05) is 11.5 Å². The first-order valence-electron chi connectivity index (χ1n) is 11.3. The average Bonchev–Trinajstić information content (AvgIpc) is 2.75. The lowest BCUT2D eigenvalue weighted by atomic mass is 9.86. The van der Waals surface area contributed by atoms with Gasteiger partial charge in [0.15, 0.2) is 9.84 Å². The van der Waals surface area contributed by atoms with E-state index < -0.39 is 28.0 Å². The number of halogens is 2. The summed E-state index contributed by atoms with van der Waals surface area (Å²) < 4.78 is 53.1. The number of rotatable bonds is 7. The van der Waals surface area contributed by atoms with E-state index in [2.05, 4.69) is 20.1 Å². The van der Waals surface area contributed by atoms with E-state index in [0.717, 1.165) is 10.4 Å². The minimum absolute atomic E-state index is 0.0442. The maximum Gasteiger partial charge on any atom is 0.387 e. The molecule has 2 fully saturated rings. The van der Waals surface area contributed by atoms with Crippen molar-refractivity contribution in [2.24, 2.45) is 10.7 Å². The van der Waals surface area contributed by atoms with Gasteiger partial charge in [-0.25, -0.2) is 8.42 Å². The Morgan fingerprint density at radius 3 is 2.62 bits per heavy atom. The summed E-state index contributed by atoms with van der Waals surface area (Å²) in [5.74, 6) is 0.0200. The molecule has 0 unspecified atom stereocenters. The first-order chi connectivity index (χ1) is 15.9. The van der Waals surface area contributed by atoms with Gasteiger partial charge in [-0.3, -0.25) is 9.98 Å². The summed E-state index contributed by atoms with van der Waals surface area (Å²) >= 11 is 0. The molecule has 0 radical (unpaired) electrons. The SMILES string of the molecule is CC(C)N=C1C[C@H]([N+](=O)NC2(C)CCS(=O)(=O)CC2)CC/C1=C(/N)c1cncc(OC(F)F)c1. The van der Waals surface area contributed by atoms with Crippen LogP contribution in [0, 0.1) is 4.91 Å². The van der Waals surface area contributed by atoms with Crippen LogP contribution in [0.4, 0.5) is 8.78 Å². The van der Waals surface area contributed by atoms with Crippen LogP contribution >= 0.6 is 0 Å². The quantitative estimate of drug-likeness (QED) is 0.435. The molecule has 0 spiro atoms. The van der Waals surface area contributed by atoms with Crippen molar-refractivity contribution < 1.29 is 26.8 Å². The third-order valence-electron chi connectivity index (χ3n) is 6.13. The van der Waals surface area contributed by atoms with Crippen LogP contribution in [0.3, 0.4) is 0 Å². The lowest BCUT2D eigenvalue weighted by molar-refractivity contribution is -0.652. The number of nitroso groups, excluding NO2 is 1. The Balaban J connectivity index is 1.79. The molecule has 0 aromatic carbocycles. The molecule has 1 atom stereocenters. The van der Waals surface area contributed by atoms with Crippen LogP contribution in [0.1, 0.15) is 58.4 Å². The Morgan fingerprint density at radius 1 is 1.32 bits per heavy atom. The van der Waals surface area contributed by atoms with Gasteiger partial charge in [0.05, 0.1) is 34.6 Å². The molecule has 9 nitrogen and oxygen atoms in total. The van der Waals surface area contributed by atoms with Crippen molar-refractivity contribution in [3.05, 3.63) is 34.5 Å². The van der Waals surface area contributed by atoms with E-state index in [-0.39, 0.29) is 23.3 Å². The van der Waals surface area contributed by atoms with Crippen LogP contribution in [-0.2, 0) is 9.84 Å². The van der Waals surface area contributed by atoms with Crippen LogP contribution in [0.5, 0.6) is 5.75 Å². The zero-order valence-corrected chi connectivity index (χ0v) is 20.4. The predicted octanol–water partition coefficient (Wildman–Crippen LogP) is 3.01. The molecule has 3 N–H and O–H groups in total. The van der Waals surface area contributed by atoms with Crippen molar-refractivity contribution >= 4 is 21.2 Å². The number of hydrogen-bond acceptors (Lipinski definition) is 7. The maximum atomic E-state index is 13.0. The third kappa shape index (κ3) is 6.71. The van der Waals surface area contributed by atoms with E-state index in [9.17, 15) is 22.1 Å². The molecular weight excluding hydrogens is 468 g/mol. The minimum Gasteiger partial charge on any atom is -0.433 e. The molecule has 12 heteroatoms. The van der Waals surface area contributed by atoms with Gasteiger partial charge in [0, 0.05) is 35.6 Å². The fourth-order valence-corrected chi connectivity index (χ4v) is 5.93. The van der Waals surface area contributed by atoms with E-state index in [4.69, 9.17) is 5.73 Å². The molecule has 0 bridgehead atoms. The highest BCUT2D eigenvalue weighted by Crippen LogP contribution is 2.31. The number of pyridine rings is 1. The summed E-state index contributed by atoms with van der Waals surface area (Å²) in [4.78, 5) is 22.5. The van der Waals surface area contributed by atoms with Crippen molar-refractivity contribution in [2.45, 2.75) is 77.1 Å². The van der Waals surface area contributed by atoms with Crippen LogP contribution in [0.2, 0.25) is 0 Å². The van der Waals surface area contributed by atoms with Gasteiger partial charge in [0.25, 0.3) is 0 Å². The Labute approximate surface area is 198 Å². The number of ether oxygens (including phenoxy) is 1. The summed E-state index contributed by atoms with van der Waals surface area (Å²) in [5.41, 5.74) is 11.0. The standard InChI is InChI=1S/C22H32F2N5O4S/c1-14(2)27-19-11-16(29(30)28-22(3)6-8-34(31,32)9-7-22)4-5-18(19)20(25)15-10-17(13-26-12-15)33-21(23)24/h10,12-14,16,21H,4-9,11,25H2,1-3H3,(H,28,30)/q+1/b20-18-,27-19?/t16-/m1/s1. The molecule has 1 aromatic rings. The summed E-state index contributed by atoms with van der Waals surface area (Å²) in [5, 5.41) is 0. The average molecular weight is 501 g/mol. The van der Waals surface area contributed by atoms with Crippen molar-refractivity contribution in [3.63, 3.8) is 0 Å². The number of aliphatic imine (C=N–C) groups is 1. The second-order valence-corrected chi connectivity index (χ2v) is 11.7. The number of sulfone groups is 1. The molecule has 1 saturated heterocycles. The molecule has 188 valence electrons. The fourth-order valence-electron chi connectivity index (χ4n) is 4.20. The van der Waals surface area contributed by atoms with Crippen LogP contribution in [0.25, 0.3) is 5.70 Å². The number of aromatic nitrogens is 1. The second-order valence-electron chi connectivity index (χ2n) is 9.40. The molecule has 1 saturated carbocycles. The van der Waals surface area contributed by atoms with Gasteiger partial charge in [-0.1, -0.05) is 0 Å². The topological polar surface area (TPSA) is 127 Å². The largest absolute Gasteiger partial charge is 0.433 e. The number of nitrogens with zero attached hydrogens (tertiary/aromatic N) is 3. The monoisotopic (exact) mass is 500 g/mol. The Hall–Kier alpha value is -2.63. The Kier molecular flexibility index (Phi) is 7.89. The van der Waals surface area contributed by atoms with Crippen LogP contribution in [-0.4, -0.2) is 59.7 Å². The van der Waals surface area contributed by atoms with Crippen molar-refractivity contribution in [1.82, 2.24) is 10.4 Å². The Morgan fingerprint density at radius 2 is 2.00 bits per heavy atom. The van der Waals surface area contributed by atoms with E-state index in [1.54, 1.807) is 0 Å². The van der Waals surface area contributed by atoms with E-state index in [1.165, 1.54) is 18.5 Å². The van der Waals surface area contributed by atoms with E-state index in [1.807, 2.05) is 20.8 Å². The molecule has 2 aliphatic rings. The zero-order chi connectivity index (χ0) is 25.1. The Bertz CT molecular complexity index is 1070. The van der Waals surface area contributed by atoms with Gasteiger partial charge in [-0.2, -0.15) is 8.78 Å². The van der Waals surface area contributed by atoms with Gasteiger partial charge >= 0.3 is 6.61 Å². The third-order valence-corrected chi connectivity index (χ3v) is 7.79. The van der Waals surface area contributed by atoms with Gasteiger partial charge in [-0.15, -0.1) is 5.43 Å². The van der Waals surface area contributed by atoms with Crippen molar-refractivity contribution in [3.8, 4) is 5.75 Å². The first kappa shape index (κ1) is 26.0. The number of alkyl halides is 2. The van der Waals surface area contributed by atoms with E-state index >= 15 is 0 Å². The lowest BCUT2D eigenvalue weighted by Gasteiger charge is -2.31. The molecule has 3 rings (SSSR count). The number of hydrogen-bond donors (Lipinski definition) is 2. The minimum atomic E-state index is -3.05. The lowest BCUT2D eigenvalue weighted by Crippen LogP contribution is -2.54. The molecule has 1 aliphatic heterocycles. The highest BCUT2D eigenvalue weighted by molar-refractivity contribution is 7.91. The number of hydrazine groups is 1. The summed E-state index contributed by atoms with van der Waals surface area (Å²) in [6.07, 6.45) is 4.71.